The summed E-state index contributed by atoms with van der Waals surface area (Å²) in [5.74, 6) is 0.150. The third kappa shape index (κ3) is 3.94. The average molecular weight is 351 g/mol. The topological polar surface area (TPSA) is 90.7 Å². The third-order valence-corrected chi connectivity index (χ3v) is 3.36. The first kappa shape index (κ1) is 17.6. The van der Waals surface area contributed by atoms with Gasteiger partial charge in [0.25, 0.3) is 11.6 Å². The number of amides is 1. The number of hydrogen-bond acceptors (Lipinski definition) is 5. The van der Waals surface area contributed by atoms with Gasteiger partial charge in [0.2, 0.25) is 0 Å². The number of rotatable bonds is 6. The normalized spacial score (nSPS) is 10.1. The lowest BCUT2D eigenvalue weighted by Gasteiger charge is -2.13. The smallest absolute Gasteiger partial charge is 0.271 e. The van der Waals surface area contributed by atoms with Gasteiger partial charge in [0.15, 0.2) is 0 Å². The molecule has 0 spiro atoms. The van der Waals surface area contributed by atoms with E-state index >= 15 is 0 Å². The molecule has 8 heteroatoms. The summed E-state index contributed by atoms with van der Waals surface area (Å²) in [5.41, 5.74) is 0.235. The van der Waals surface area contributed by atoms with Gasteiger partial charge in [-0.3, -0.25) is 14.9 Å². The Balaban J connectivity index is 2.37. The maximum absolute atomic E-state index is 12.5. The number of nitrogens with zero attached hydrogens (tertiary/aromatic N) is 1. The van der Waals surface area contributed by atoms with E-state index in [0.29, 0.717) is 23.1 Å². The van der Waals surface area contributed by atoms with Gasteiger partial charge in [0.1, 0.15) is 11.5 Å². The number of anilines is 1. The highest BCUT2D eigenvalue weighted by molar-refractivity contribution is 6.31. The molecule has 1 amide bonds. The van der Waals surface area contributed by atoms with E-state index in [-0.39, 0.29) is 16.9 Å². The maximum Gasteiger partial charge on any atom is 0.271 e. The molecule has 0 aromatic heterocycles. The number of hydrogen-bond donors (Lipinski definition) is 1. The van der Waals surface area contributed by atoms with Crippen molar-refractivity contribution in [1.82, 2.24) is 0 Å². The predicted molar refractivity (Wildman–Crippen MR) is 90.2 cm³/mol. The summed E-state index contributed by atoms with van der Waals surface area (Å²) in [6, 6.07) is 8.59. The molecule has 0 aliphatic heterocycles. The monoisotopic (exact) mass is 350 g/mol. The second-order valence-corrected chi connectivity index (χ2v) is 5.11. The molecule has 0 radical (unpaired) electrons. The Morgan fingerprint density at radius 1 is 1.25 bits per heavy atom. The van der Waals surface area contributed by atoms with Gasteiger partial charge in [0, 0.05) is 17.2 Å². The van der Waals surface area contributed by atoms with E-state index in [0.717, 1.165) is 0 Å². The summed E-state index contributed by atoms with van der Waals surface area (Å²) >= 11 is 5.94. The Kier molecular flexibility index (Phi) is 5.59. The Morgan fingerprint density at radius 3 is 2.58 bits per heavy atom. The molecular formula is C16H15ClN2O5. The number of ether oxygens (including phenoxy) is 2. The van der Waals surface area contributed by atoms with Crippen LogP contribution in [0.5, 0.6) is 11.5 Å². The van der Waals surface area contributed by atoms with Crippen molar-refractivity contribution >= 4 is 28.9 Å². The third-order valence-electron chi connectivity index (χ3n) is 3.13. The minimum absolute atomic E-state index is 0.165. The van der Waals surface area contributed by atoms with Crippen LogP contribution in [0.15, 0.2) is 36.4 Å². The lowest BCUT2D eigenvalue weighted by Crippen LogP contribution is -2.14. The number of carbonyl (C=O) groups is 1. The Labute approximate surface area is 143 Å². The summed E-state index contributed by atoms with van der Waals surface area (Å²) in [5, 5.41) is 13.9. The zero-order valence-electron chi connectivity index (χ0n) is 13.0. The quantitative estimate of drug-likeness (QED) is 0.630. The zero-order chi connectivity index (χ0) is 17.7. The molecule has 0 aliphatic rings. The van der Waals surface area contributed by atoms with E-state index < -0.39 is 10.8 Å². The molecule has 0 fully saturated rings. The average Bonchev–Trinajstić information content (AvgIpc) is 2.56. The molecule has 7 nitrogen and oxygen atoms in total. The van der Waals surface area contributed by atoms with Crippen molar-refractivity contribution in [3.05, 3.63) is 57.1 Å². The van der Waals surface area contributed by atoms with Crippen LogP contribution in [0.4, 0.5) is 11.4 Å². The van der Waals surface area contributed by atoms with E-state index in [1.54, 1.807) is 19.1 Å². The lowest BCUT2D eigenvalue weighted by molar-refractivity contribution is -0.384. The number of carbonyl (C=O) groups excluding carboxylic acids is 1. The molecule has 0 aliphatic carbocycles. The highest BCUT2D eigenvalue weighted by Crippen LogP contribution is 2.30. The highest BCUT2D eigenvalue weighted by Gasteiger charge is 2.18. The number of nitro benzene ring substituents is 1. The summed E-state index contributed by atoms with van der Waals surface area (Å²) in [4.78, 5) is 22.9. The number of nitro groups is 1. The first-order valence-corrected chi connectivity index (χ1v) is 7.40. The fourth-order valence-electron chi connectivity index (χ4n) is 2.06. The van der Waals surface area contributed by atoms with Gasteiger partial charge in [-0.1, -0.05) is 11.6 Å². The number of non-ortho nitro benzene ring substituents is 1. The first-order valence-electron chi connectivity index (χ1n) is 7.02. The fourth-order valence-corrected chi connectivity index (χ4v) is 2.23. The van der Waals surface area contributed by atoms with Gasteiger partial charge in [-0.25, -0.2) is 0 Å². The van der Waals surface area contributed by atoms with E-state index in [1.165, 1.54) is 31.4 Å². The van der Waals surface area contributed by atoms with E-state index in [2.05, 4.69) is 5.32 Å². The van der Waals surface area contributed by atoms with Gasteiger partial charge in [0.05, 0.1) is 29.9 Å². The second-order valence-electron chi connectivity index (χ2n) is 4.67. The van der Waals surface area contributed by atoms with Crippen LogP contribution in [0.1, 0.15) is 17.3 Å². The molecule has 0 saturated heterocycles. The van der Waals surface area contributed by atoms with Crippen LogP contribution in [-0.2, 0) is 0 Å². The highest BCUT2D eigenvalue weighted by atomic mass is 35.5. The van der Waals surface area contributed by atoms with Crippen LogP contribution >= 0.6 is 11.6 Å². The number of methoxy groups -OCH3 is 1. The standard InChI is InChI=1S/C16H15ClN2O5/c1-3-24-14-6-4-10(17)8-12(14)16(20)18-13-9-11(19(21)22)5-7-15(13)23-2/h4-9H,3H2,1-2H3,(H,18,20). The van der Waals surface area contributed by atoms with Gasteiger partial charge in [-0.15, -0.1) is 0 Å². The van der Waals surface area contributed by atoms with Crippen LogP contribution in [0.25, 0.3) is 0 Å². The zero-order valence-corrected chi connectivity index (χ0v) is 13.8. The van der Waals surface area contributed by atoms with Crippen LogP contribution in [0.3, 0.4) is 0 Å². The summed E-state index contributed by atoms with van der Waals surface area (Å²) < 4.78 is 10.5. The van der Waals surface area contributed by atoms with Crippen molar-refractivity contribution in [2.45, 2.75) is 6.92 Å². The minimum Gasteiger partial charge on any atom is -0.495 e. The van der Waals surface area contributed by atoms with Crippen molar-refractivity contribution in [2.75, 3.05) is 19.0 Å². The van der Waals surface area contributed by atoms with Crippen LogP contribution in [0, 0.1) is 10.1 Å². The van der Waals surface area contributed by atoms with Crippen molar-refractivity contribution in [3.63, 3.8) is 0 Å². The Hall–Kier alpha value is -2.80. The predicted octanol–water partition coefficient (Wildman–Crippen LogP) is 3.91. The van der Waals surface area contributed by atoms with Crippen molar-refractivity contribution in [2.24, 2.45) is 0 Å². The molecule has 0 saturated carbocycles. The van der Waals surface area contributed by atoms with Crippen LogP contribution < -0.4 is 14.8 Å². The molecule has 0 unspecified atom stereocenters. The van der Waals surface area contributed by atoms with Crippen molar-refractivity contribution in [1.29, 1.82) is 0 Å². The number of benzene rings is 2. The summed E-state index contributed by atoms with van der Waals surface area (Å²) in [7, 11) is 1.40. The molecule has 2 rings (SSSR count). The molecule has 0 bridgehead atoms. The molecule has 0 atom stereocenters. The van der Waals surface area contributed by atoms with Crippen molar-refractivity contribution < 1.29 is 19.2 Å². The van der Waals surface area contributed by atoms with E-state index in [4.69, 9.17) is 21.1 Å². The lowest BCUT2D eigenvalue weighted by atomic mass is 10.1. The van der Waals surface area contributed by atoms with Gasteiger partial charge in [-0.2, -0.15) is 0 Å². The second kappa shape index (κ2) is 7.65. The SMILES string of the molecule is CCOc1ccc(Cl)cc1C(=O)Nc1cc([N+](=O)[O-])ccc1OC. The van der Waals surface area contributed by atoms with E-state index in [9.17, 15) is 14.9 Å². The molecule has 2 aromatic carbocycles. The maximum atomic E-state index is 12.5. The van der Waals surface area contributed by atoms with Crippen molar-refractivity contribution in [3.8, 4) is 11.5 Å². The molecule has 24 heavy (non-hydrogen) atoms. The van der Waals surface area contributed by atoms with Gasteiger partial charge in [-0.05, 0) is 31.2 Å². The molecule has 1 N–H and O–H groups in total. The van der Waals surface area contributed by atoms with Crippen LogP contribution in [0.2, 0.25) is 5.02 Å². The molecule has 2 aromatic rings. The Bertz CT molecular complexity index is 779. The van der Waals surface area contributed by atoms with Gasteiger partial charge < -0.3 is 14.8 Å². The first-order chi connectivity index (χ1) is 11.5. The number of nitrogens with one attached hydrogen (secondary N) is 1. The van der Waals surface area contributed by atoms with E-state index in [1.807, 2.05) is 0 Å². The van der Waals surface area contributed by atoms with Gasteiger partial charge >= 0.3 is 0 Å². The summed E-state index contributed by atoms with van der Waals surface area (Å²) in [6.07, 6.45) is 0. The molecule has 126 valence electrons. The molecule has 0 heterocycles. The molecular weight excluding hydrogens is 336 g/mol. The number of halogens is 1. The minimum atomic E-state index is -0.555. The Morgan fingerprint density at radius 2 is 1.96 bits per heavy atom. The van der Waals surface area contributed by atoms with Crippen LogP contribution in [-0.4, -0.2) is 24.5 Å². The summed E-state index contributed by atoms with van der Waals surface area (Å²) in [6.45, 7) is 2.17. The fraction of sp³-hybridized carbons (Fsp3) is 0.188. The largest absolute Gasteiger partial charge is 0.495 e.